The summed E-state index contributed by atoms with van der Waals surface area (Å²) in [6.45, 7) is 5.78. The van der Waals surface area contributed by atoms with E-state index < -0.39 is 0 Å². The Labute approximate surface area is 152 Å². The minimum atomic E-state index is 0.811. The summed E-state index contributed by atoms with van der Waals surface area (Å²) in [7, 11) is 0. The van der Waals surface area contributed by atoms with E-state index in [-0.39, 0.29) is 0 Å². The molecule has 2 N–H and O–H groups in total. The van der Waals surface area contributed by atoms with Crippen LogP contribution in [0.2, 0.25) is 0 Å². The first-order valence-electron chi connectivity index (χ1n) is 9.60. The molecular formula is C22H32N2O. The standard InChI is InChI=1S/C22H32N2O/c1-2-3-4-5-9-17-25-22-14-10-13-21(18-22)24-16-15-23-19-20-11-7-6-8-12-20/h6-8,10-14,18,23-24H,2-5,9,15-17,19H2,1H3. The number of anilines is 1. The lowest BCUT2D eigenvalue weighted by Gasteiger charge is -2.10. The monoisotopic (exact) mass is 340 g/mol. The summed E-state index contributed by atoms with van der Waals surface area (Å²) in [5.41, 5.74) is 2.43. The molecule has 0 atom stereocenters. The fraction of sp³-hybridized carbons (Fsp3) is 0.455. The zero-order valence-electron chi connectivity index (χ0n) is 15.5. The van der Waals surface area contributed by atoms with Gasteiger partial charge in [-0.2, -0.15) is 0 Å². The van der Waals surface area contributed by atoms with Crippen LogP contribution in [0, 0.1) is 0 Å². The van der Waals surface area contributed by atoms with Crippen molar-refractivity contribution in [2.24, 2.45) is 0 Å². The molecular weight excluding hydrogens is 308 g/mol. The molecule has 2 rings (SSSR count). The second-order valence-corrected chi connectivity index (χ2v) is 6.38. The van der Waals surface area contributed by atoms with Gasteiger partial charge < -0.3 is 15.4 Å². The van der Waals surface area contributed by atoms with Crippen molar-refractivity contribution in [2.75, 3.05) is 25.0 Å². The topological polar surface area (TPSA) is 33.3 Å². The maximum absolute atomic E-state index is 5.86. The summed E-state index contributed by atoms with van der Waals surface area (Å²) < 4.78 is 5.86. The van der Waals surface area contributed by atoms with E-state index in [1.54, 1.807) is 0 Å². The Morgan fingerprint density at radius 3 is 2.52 bits per heavy atom. The molecule has 0 saturated carbocycles. The largest absolute Gasteiger partial charge is 0.494 e. The van der Waals surface area contributed by atoms with E-state index in [0.29, 0.717) is 0 Å². The summed E-state index contributed by atoms with van der Waals surface area (Å²) in [5, 5.41) is 6.90. The molecule has 0 aliphatic carbocycles. The molecule has 0 aliphatic heterocycles. The molecule has 0 fully saturated rings. The van der Waals surface area contributed by atoms with E-state index >= 15 is 0 Å². The van der Waals surface area contributed by atoms with Crippen LogP contribution < -0.4 is 15.4 Å². The van der Waals surface area contributed by atoms with Crippen molar-refractivity contribution < 1.29 is 4.74 Å². The molecule has 3 heteroatoms. The minimum Gasteiger partial charge on any atom is -0.494 e. The number of benzene rings is 2. The van der Waals surface area contributed by atoms with Crippen molar-refractivity contribution in [3.8, 4) is 5.75 Å². The number of hydrogen-bond donors (Lipinski definition) is 2. The lowest BCUT2D eigenvalue weighted by Crippen LogP contribution is -2.21. The minimum absolute atomic E-state index is 0.811. The first-order valence-corrected chi connectivity index (χ1v) is 9.60. The molecule has 0 amide bonds. The van der Waals surface area contributed by atoms with Crippen LogP contribution in [0.15, 0.2) is 54.6 Å². The van der Waals surface area contributed by atoms with E-state index in [4.69, 9.17) is 4.74 Å². The zero-order chi connectivity index (χ0) is 17.6. The van der Waals surface area contributed by atoms with Crippen molar-refractivity contribution >= 4 is 5.69 Å². The number of ether oxygens (including phenoxy) is 1. The first-order chi connectivity index (χ1) is 12.4. The van der Waals surface area contributed by atoms with Crippen LogP contribution in [0.25, 0.3) is 0 Å². The second kappa shape index (κ2) is 12.4. The van der Waals surface area contributed by atoms with Crippen LogP contribution in [-0.4, -0.2) is 19.7 Å². The predicted molar refractivity (Wildman–Crippen MR) is 107 cm³/mol. The van der Waals surface area contributed by atoms with Gasteiger partial charge in [0, 0.05) is 31.4 Å². The first kappa shape index (κ1) is 19.3. The maximum atomic E-state index is 5.86. The lowest BCUT2D eigenvalue weighted by molar-refractivity contribution is 0.304. The molecule has 0 saturated heterocycles. The van der Waals surface area contributed by atoms with E-state index in [1.807, 2.05) is 18.2 Å². The molecule has 25 heavy (non-hydrogen) atoms. The lowest BCUT2D eigenvalue weighted by atomic mass is 10.2. The van der Waals surface area contributed by atoms with Crippen molar-refractivity contribution in [3.05, 3.63) is 60.2 Å². The smallest absolute Gasteiger partial charge is 0.121 e. The molecule has 0 unspecified atom stereocenters. The SMILES string of the molecule is CCCCCCCOc1cccc(NCCNCc2ccccc2)c1. The molecule has 0 aliphatic rings. The Balaban J connectivity index is 1.58. The van der Waals surface area contributed by atoms with Gasteiger partial charge in [0.15, 0.2) is 0 Å². The van der Waals surface area contributed by atoms with Crippen molar-refractivity contribution in [1.29, 1.82) is 0 Å². The number of hydrogen-bond acceptors (Lipinski definition) is 3. The molecule has 0 spiro atoms. The van der Waals surface area contributed by atoms with Gasteiger partial charge in [-0.15, -0.1) is 0 Å². The van der Waals surface area contributed by atoms with E-state index in [0.717, 1.165) is 44.1 Å². The van der Waals surface area contributed by atoms with Crippen LogP contribution in [0.4, 0.5) is 5.69 Å². The van der Waals surface area contributed by atoms with Crippen LogP contribution in [0.5, 0.6) is 5.75 Å². The molecule has 136 valence electrons. The Morgan fingerprint density at radius 2 is 1.68 bits per heavy atom. The number of nitrogens with one attached hydrogen (secondary N) is 2. The Kier molecular flexibility index (Phi) is 9.57. The maximum Gasteiger partial charge on any atom is 0.121 e. The summed E-state index contributed by atoms with van der Waals surface area (Å²) in [4.78, 5) is 0. The number of rotatable bonds is 13. The molecule has 2 aromatic rings. The molecule has 0 bridgehead atoms. The van der Waals surface area contributed by atoms with Gasteiger partial charge in [-0.25, -0.2) is 0 Å². The predicted octanol–water partition coefficient (Wildman–Crippen LogP) is 5.24. The van der Waals surface area contributed by atoms with Gasteiger partial charge >= 0.3 is 0 Å². The molecule has 0 heterocycles. The van der Waals surface area contributed by atoms with Crippen molar-refractivity contribution in [1.82, 2.24) is 5.32 Å². The number of unbranched alkanes of at least 4 members (excludes halogenated alkanes) is 4. The molecule has 0 aromatic heterocycles. The van der Waals surface area contributed by atoms with Gasteiger partial charge in [0.25, 0.3) is 0 Å². The highest BCUT2D eigenvalue weighted by molar-refractivity contribution is 5.48. The Bertz CT molecular complexity index is 571. The van der Waals surface area contributed by atoms with Gasteiger partial charge in [0.1, 0.15) is 5.75 Å². The van der Waals surface area contributed by atoms with Crippen LogP contribution in [0.3, 0.4) is 0 Å². The molecule has 2 aromatic carbocycles. The van der Waals surface area contributed by atoms with Gasteiger partial charge in [-0.05, 0) is 24.1 Å². The van der Waals surface area contributed by atoms with Crippen LogP contribution >= 0.6 is 0 Å². The fourth-order valence-corrected chi connectivity index (χ4v) is 2.72. The normalized spacial score (nSPS) is 10.6. The highest BCUT2D eigenvalue weighted by Gasteiger charge is 1.97. The van der Waals surface area contributed by atoms with Crippen LogP contribution in [-0.2, 0) is 6.54 Å². The molecule has 0 radical (unpaired) electrons. The average molecular weight is 341 g/mol. The summed E-state index contributed by atoms with van der Waals surface area (Å²) in [5.74, 6) is 0.956. The third kappa shape index (κ3) is 8.59. The van der Waals surface area contributed by atoms with Crippen molar-refractivity contribution in [2.45, 2.75) is 45.6 Å². The quantitative estimate of drug-likeness (QED) is 0.489. The van der Waals surface area contributed by atoms with E-state index in [1.165, 1.54) is 31.2 Å². The second-order valence-electron chi connectivity index (χ2n) is 6.38. The highest BCUT2D eigenvalue weighted by atomic mass is 16.5. The molecule has 3 nitrogen and oxygen atoms in total. The average Bonchev–Trinajstić information content (AvgIpc) is 2.65. The summed E-state index contributed by atoms with van der Waals surface area (Å²) in [6, 6.07) is 18.7. The third-order valence-electron chi connectivity index (χ3n) is 4.15. The highest BCUT2D eigenvalue weighted by Crippen LogP contribution is 2.17. The Hall–Kier alpha value is -2.00. The van der Waals surface area contributed by atoms with E-state index in [2.05, 4.69) is 54.0 Å². The van der Waals surface area contributed by atoms with Crippen LogP contribution in [0.1, 0.15) is 44.6 Å². The Morgan fingerprint density at radius 1 is 0.840 bits per heavy atom. The van der Waals surface area contributed by atoms with Gasteiger partial charge in [-0.3, -0.25) is 0 Å². The van der Waals surface area contributed by atoms with E-state index in [9.17, 15) is 0 Å². The summed E-state index contributed by atoms with van der Waals surface area (Å²) >= 11 is 0. The van der Waals surface area contributed by atoms with Gasteiger partial charge in [-0.1, -0.05) is 69.0 Å². The zero-order valence-corrected chi connectivity index (χ0v) is 15.5. The fourth-order valence-electron chi connectivity index (χ4n) is 2.72. The van der Waals surface area contributed by atoms with Gasteiger partial charge in [0.2, 0.25) is 0 Å². The third-order valence-corrected chi connectivity index (χ3v) is 4.15. The summed E-state index contributed by atoms with van der Waals surface area (Å²) in [6.07, 6.45) is 6.34. The van der Waals surface area contributed by atoms with Crippen molar-refractivity contribution in [3.63, 3.8) is 0 Å². The van der Waals surface area contributed by atoms with Gasteiger partial charge in [0.05, 0.1) is 6.61 Å².